The van der Waals surface area contributed by atoms with E-state index in [9.17, 15) is 0 Å². The first-order valence-electron chi connectivity index (χ1n) is 6.73. The van der Waals surface area contributed by atoms with Crippen molar-refractivity contribution in [2.45, 2.75) is 12.3 Å². The molecule has 3 heteroatoms. The highest BCUT2D eigenvalue weighted by atomic mass is 16.5. The van der Waals surface area contributed by atoms with Gasteiger partial charge in [-0.15, -0.1) is 0 Å². The van der Waals surface area contributed by atoms with Crippen molar-refractivity contribution in [1.82, 2.24) is 0 Å². The average molecular weight is 271 g/mol. The molecule has 0 aliphatic heterocycles. The van der Waals surface area contributed by atoms with Crippen molar-refractivity contribution >= 4 is 0 Å². The van der Waals surface area contributed by atoms with E-state index < -0.39 is 0 Å². The first-order valence-corrected chi connectivity index (χ1v) is 6.73. The lowest BCUT2D eigenvalue weighted by Gasteiger charge is -2.16. The summed E-state index contributed by atoms with van der Waals surface area (Å²) in [6, 6.07) is 16.2. The molecule has 0 saturated carbocycles. The Balaban J connectivity index is 2.19. The molecule has 0 amide bonds. The molecule has 1 atom stereocenters. The van der Waals surface area contributed by atoms with Gasteiger partial charge in [-0.2, -0.15) is 0 Å². The van der Waals surface area contributed by atoms with E-state index in [2.05, 4.69) is 24.3 Å². The molecule has 2 aromatic rings. The molecule has 0 bridgehead atoms. The molecule has 1 unspecified atom stereocenters. The maximum Gasteiger partial charge on any atom is 0.119 e. The lowest BCUT2D eigenvalue weighted by molar-refractivity contribution is 0.413. The van der Waals surface area contributed by atoms with Gasteiger partial charge in [0.15, 0.2) is 0 Å². The van der Waals surface area contributed by atoms with E-state index in [1.807, 2.05) is 24.3 Å². The minimum Gasteiger partial charge on any atom is -0.497 e. The van der Waals surface area contributed by atoms with Crippen LogP contribution in [0.1, 0.15) is 17.0 Å². The summed E-state index contributed by atoms with van der Waals surface area (Å²) in [7, 11) is 3.36. The van der Waals surface area contributed by atoms with Crippen LogP contribution in [0.15, 0.2) is 48.5 Å². The smallest absolute Gasteiger partial charge is 0.119 e. The average Bonchev–Trinajstić information content (AvgIpc) is 2.52. The third-order valence-corrected chi connectivity index (χ3v) is 3.47. The van der Waals surface area contributed by atoms with E-state index in [-0.39, 0.29) is 5.92 Å². The summed E-state index contributed by atoms with van der Waals surface area (Å²) in [5, 5.41) is 0. The number of hydrogen-bond donors (Lipinski definition) is 1. The molecule has 0 aliphatic rings. The molecular weight excluding hydrogens is 250 g/mol. The van der Waals surface area contributed by atoms with Crippen molar-refractivity contribution in [3.8, 4) is 11.5 Å². The fourth-order valence-corrected chi connectivity index (χ4v) is 2.32. The molecule has 3 nitrogen and oxygen atoms in total. The molecule has 20 heavy (non-hydrogen) atoms. The first kappa shape index (κ1) is 14.4. The zero-order valence-electron chi connectivity index (χ0n) is 12.0. The lowest BCUT2D eigenvalue weighted by Crippen LogP contribution is -2.15. The number of hydrogen-bond acceptors (Lipinski definition) is 3. The van der Waals surface area contributed by atoms with Crippen molar-refractivity contribution in [1.29, 1.82) is 0 Å². The summed E-state index contributed by atoms with van der Waals surface area (Å²) < 4.78 is 10.5. The van der Waals surface area contributed by atoms with Crippen molar-refractivity contribution in [2.75, 3.05) is 20.8 Å². The molecule has 0 radical (unpaired) electrons. The van der Waals surface area contributed by atoms with E-state index in [0.717, 1.165) is 17.9 Å². The molecule has 0 fully saturated rings. The molecule has 2 N–H and O–H groups in total. The number of nitrogens with two attached hydrogens (primary N) is 1. The summed E-state index contributed by atoms with van der Waals surface area (Å²) in [5.74, 6) is 2.02. The van der Waals surface area contributed by atoms with Crippen molar-refractivity contribution in [3.05, 3.63) is 59.7 Å². The fourth-order valence-electron chi connectivity index (χ4n) is 2.32. The van der Waals surface area contributed by atoms with Gasteiger partial charge in [0.1, 0.15) is 11.5 Å². The van der Waals surface area contributed by atoms with Gasteiger partial charge in [-0.3, -0.25) is 0 Å². The summed E-state index contributed by atoms with van der Waals surface area (Å²) in [6.07, 6.45) is 0.890. The zero-order valence-corrected chi connectivity index (χ0v) is 12.0. The van der Waals surface area contributed by atoms with Gasteiger partial charge in [0.05, 0.1) is 14.2 Å². The predicted molar refractivity (Wildman–Crippen MR) is 81.5 cm³/mol. The monoisotopic (exact) mass is 271 g/mol. The fraction of sp³-hybridized carbons (Fsp3) is 0.294. The van der Waals surface area contributed by atoms with Gasteiger partial charge in [-0.1, -0.05) is 24.3 Å². The standard InChI is InChI=1S/C17H21NO2/c1-19-16-7-3-5-13(10-16)9-15(12-18)14-6-4-8-17(11-14)20-2/h3-8,10-11,15H,9,12,18H2,1-2H3. The van der Waals surface area contributed by atoms with E-state index >= 15 is 0 Å². The van der Waals surface area contributed by atoms with Crippen LogP contribution in [0.4, 0.5) is 0 Å². The van der Waals surface area contributed by atoms with E-state index in [0.29, 0.717) is 6.54 Å². The first-order chi connectivity index (χ1) is 9.76. The number of methoxy groups -OCH3 is 2. The van der Waals surface area contributed by atoms with Crippen LogP contribution in [0.5, 0.6) is 11.5 Å². The van der Waals surface area contributed by atoms with Gasteiger partial charge >= 0.3 is 0 Å². The topological polar surface area (TPSA) is 44.5 Å². The largest absolute Gasteiger partial charge is 0.497 e. The minimum atomic E-state index is 0.275. The minimum absolute atomic E-state index is 0.275. The molecule has 0 saturated heterocycles. The Bertz CT molecular complexity index is 554. The molecule has 2 aromatic carbocycles. The van der Waals surface area contributed by atoms with Crippen molar-refractivity contribution in [2.24, 2.45) is 5.73 Å². The van der Waals surface area contributed by atoms with E-state index in [1.165, 1.54) is 11.1 Å². The number of benzene rings is 2. The summed E-state index contributed by atoms with van der Waals surface area (Å²) >= 11 is 0. The Hall–Kier alpha value is -2.00. The van der Waals surface area contributed by atoms with Crippen LogP contribution < -0.4 is 15.2 Å². The second kappa shape index (κ2) is 6.96. The second-order valence-corrected chi connectivity index (χ2v) is 4.76. The molecule has 0 aromatic heterocycles. The van der Waals surface area contributed by atoms with Gasteiger partial charge in [0, 0.05) is 5.92 Å². The maximum absolute atomic E-state index is 5.94. The molecular formula is C17H21NO2. The summed E-state index contributed by atoms with van der Waals surface area (Å²) in [4.78, 5) is 0. The Morgan fingerprint density at radius 2 is 1.60 bits per heavy atom. The Kier molecular flexibility index (Phi) is 5.02. The molecule has 0 aliphatic carbocycles. The van der Waals surface area contributed by atoms with E-state index in [1.54, 1.807) is 14.2 Å². The predicted octanol–water partition coefficient (Wildman–Crippen LogP) is 2.99. The third kappa shape index (κ3) is 3.52. The van der Waals surface area contributed by atoms with E-state index in [4.69, 9.17) is 15.2 Å². The van der Waals surface area contributed by atoms with Crippen molar-refractivity contribution < 1.29 is 9.47 Å². The quantitative estimate of drug-likeness (QED) is 0.878. The van der Waals surface area contributed by atoms with Crippen LogP contribution in [0.2, 0.25) is 0 Å². The Labute approximate surface area is 120 Å². The van der Waals surface area contributed by atoms with Crippen LogP contribution in [0, 0.1) is 0 Å². The van der Waals surface area contributed by atoms with Gasteiger partial charge in [-0.25, -0.2) is 0 Å². The highest BCUT2D eigenvalue weighted by Gasteiger charge is 2.12. The molecule has 0 heterocycles. The molecule has 106 valence electrons. The van der Waals surface area contributed by atoms with Crippen molar-refractivity contribution in [3.63, 3.8) is 0 Å². The SMILES string of the molecule is COc1cccc(CC(CN)c2cccc(OC)c2)c1. The highest BCUT2D eigenvalue weighted by molar-refractivity contribution is 5.34. The van der Waals surface area contributed by atoms with Crippen LogP contribution in [0.25, 0.3) is 0 Å². The summed E-state index contributed by atoms with van der Waals surface area (Å²) in [5.41, 5.74) is 8.37. The van der Waals surface area contributed by atoms with Gasteiger partial charge in [-0.05, 0) is 48.4 Å². The normalized spacial score (nSPS) is 11.9. The van der Waals surface area contributed by atoms with Crippen LogP contribution >= 0.6 is 0 Å². The van der Waals surface area contributed by atoms with Gasteiger partial charge in [0.2, 0.25) is 0 Å². The number of ether oxygens (including phenoxy) is 2. The third-order valence-electron chi connectivity index (χ3n) is 3.47. The van der Waals surface area contributed by atoms with Gasteiger partial charge in [0.25, 0.3) is 0 Å². The highest BCUT2D eigenvalue weighted by Crippen LogP contribution is 2.25. The Morgan fingerprint density at radius 1 is 0.950 bits per heavy atom. The molecule has 2 rings (SSSR count). The second-order valence-electron chi connectivity index (χ2n) is 4.76. The lowest BCUT2D eigenvalue weighted by atomic mass is 9.92. The summed E-state index contributed by atoms with van der Waals surface area (Å²) in [6.45, 7) is 0.602. The maximum atomic E-state index is 5.94. The van der Waals surface area contributed by atoms with Gasteiger partial charge < -0.3 is 15.2 Å². The Morgan fingerprint density at radius 3 is 2.25 bits per heavy atom. The molecule has 0 spiro atoms. The number of rotatable bonds is 6. The van der Waals surface area contributed by atoms with Crippen LogP contribution in [-0.2, 0) is 6.42 Å². The van der Waals surface area contributed by atoms with Crippen LogP contribution in [0.3, 0.4) is 0 Å². The van der Waals surface area contributed by atoms with Crippen LogP contribution in [-0.4, -0.2) is 20.8 Å². The zero-order chi connectivity index (χ0) is 14.4.